The van der Waals surface area contributed by atoms with Gasteiger partial charge in [-0.1, -0.05) is 24.3 Å². The van der Waals surface area contributed by atoms with E-state index in [0.717, 1.165) is 6.07 Å². The van der Waals surface area contributed by atoms with Crippen LogP contribution >= 0.6 is 0 Å². The van der Waals surface area contributed by atoms with Gasteiger partial charge in [0.15, 0.2) is 0 Å². The van der Waals surface area contributed by atoms with Crippen molar-refractivity contribution in [3.05, 3.63) is 65.2 Å². The molecular weight excluding hydrogens is 497 g/mol. The van der Waals surface area contributed by atoms with Gasteiger partial charge in [0.1, 0.15) is 24.3 Å². The number of carbonyl (C=O) groups excluding carboxylic acids is 1. The zero-order valence-electron chi connectivity index (χ0n) is 20.1. The molecule has 0 fully saturated rings. The molecule has 4 N–H and O–H groups in total. The number of rotatable bonds is 11. The van der Waals surface area contributed by atoms with Crippen molar-refractivity contribution in [2.45, 2.75) is 32.5 Å². The molecule has 0 saturated heterocycles. The van der Waals surface area contributed by atoms with Crippen LogP contribution < -0.4 is 20.1 Å². The van der Waals surface area contributed by atoms with Crippen LogP contribution in [0.15, 0.2) is 48.5 Å². The fraction of sp³-hybridized carbons (Fsp3) is 0.333. The Morgan fingerprint density at radius 3 is 2.57 bits per heavy atom. The molecule has 0 aliphatic heterocycles. The van der Waals surface area contributed by atoms with Crippen LogP contribution in [-0.2, 0) is 17.9 Å². The molecule has 1 atom stereocenters. The molecule has 1 aromatic heterocycles. The number of methoxy groups -OCH3 is 1. The van der Waals surface area contributed by atoms with E-state index < -0.39 is 30.9 Å². The van der Waals surface area contributed by atoms with Gasteiger partial charge < -0.3 is 29.7 Å². The number of amides is 2. The number of para-hydroxylation sites is 1. The minimum Gasteiger partial charge on any atom is -0.474 e. The average molecular weight is 524 g/mol. The van der Waals surface area contributed by atoms with Crippen molar-refractivity contribution in [2.24, 2.45) is 0 Å². The predicted octanol–water partition coefficient (Wildman–Crippen LogP) is 3.28. The van der Waals surface area contributed by atoms with Crippen molar-refractivity contribution in [1.82, 2.24) is 15.1 Å². The van der Waals surface area contributed by atoms with Crippen molar-refractivity contribution < 1.29 is 42.4 Å². The fourth-order valence-corrected chi connectivity index (χ4v) is 3.32. The van der Waals surface area contributed by atoms with Gasteiger partial charge in [-0.3, -0.25) is 5.32 Å². The van der Waals surface area contributed by atoms with Crippen LogP contribution in [0.4, 0.5) is 23.8 Å². The van der Waals surface area contributed by atoms with Crippen LogP contribution in [0.1, 0.15) is 16.7 Å². The Balaban J connectivity index is 1.81. The normalized spacial score (nSPS) is 12.2. The third-order valence-electron chi connectivity index (χ3n) is 5.04. The van der Waals surface area contributed by atoms with Crippen molar-refractivity contribution in [3.63, 3.8) is 0 Å². The maximum Gasteiger partial charge on any atom is 0.573 e. The second kappa shape index (κ2) is 12.4. The van der Waals surface area contributed by atoms with Gasteiger partial charge in [-0.05, 0) is 36.8 Å². The number of hydrogen-bond acceptors (Lipinski definition) is 7. The van der Waals surface area contributed by atoms with E-state index in [1.807, 2.05) is 0 Å². The quantitative estimate of drug-likeness (QED) is 0.303. The number of anilines is 1. The monoisotopic (exact) mass is 524 g/mol. The topological polar surface area (TPSA) is 127 Å². The maximum atomic E-state index is 12.8. The van der Waals surface area contributed by atoms with Crippen molar-refractivity contribution >= 4 is 11.8 Å². The van der Waals surface area contributed by atoms with E-state index >= 15 is 0 Å². The number of hydrogen-bond donors (Lipinski definition) is 4. The van der Waals surface area contributed by atoms with Crippen LogP contribution in [0, 0.1) is 6.92 Å². The molecule has 2 amide bonds. The molecule has 37 heavy (non-hydrogen) atoms. The molecule has 3 aromatic rings. The summed E-state index contributed by atoms with van der Waals surface area (Å²) in [6, 6.07) is 12.1. The molecule has 13 heteroatoms. The molecule has 10 nitrogen and oxygen atoms in total. The summed E-state index contributed by atoms with van der Waals surface area (Å²) in [5, 5.41) is 28.1. The Morgan fingerprint density at radius 2 is 1.92 bits per heavy atom. The summed E-state index contributed by atoms with van der Waals surface area (Å²) in [7, 11) is 1.45. The fourth-order valence-electron chi connectivity index (χ4n) is 3.32. The van der Waals surface area contributed by atoms with Gasteiger partial charge in [-0.2, -0.15) is 0 Å². The smallest absolute Gasteiger partial charge is 0.474 e. The second-order valence-electron chi connectivity index (χ2n) is 7.90. The lowest BCUT2D eigenvalue weighted by molar-refractivity contribution is -0.274. The number of aromatic nitrogens is 2. The number of halogens is 3. The highest BCUT2D eigenvalue weighted by molar-refractivity contribution is 5.89. The van der Waals surface area contributed by atoms with E-state index in [9.17, 15) is 23.1 Å². The SMILES string of the molecule is COCc1ccc(OC(F)(F)F)c(CNC(=O)Nc2c(C)c(OC[C@H](O)CO)nn2-c2ccccc2)c1. The maximum absolute atomic E-state index is 12.8. The predicted molar refractivity (Wildman–Crippen MR) is 127 cm³/mol. The van der Waals surface area contributed by atoms with E-state index in [0.29, 0.717) is 16.8 Å². The second-order valence-corrected chi connectivity index (χ2v) is 7.90. The number of nitrogens with one attached hydrogen (secondary N) is 2. The van der Waals surface area contributed by atoms with Crippen molar-refractivity contribution in [1.29, 1.82) is 0 Å². The van der Waals surface area contributed by atoms with Gasteiger partial charge in [-0.25, -0.2) is 9.48 Å². The standard InChI is InChI=1S/C24H27F3N4O6/c1-15-21(31(18-6-4-3-5-7-18)30-22(15)36-14-19(33)12-32)29-23(34)28-11-17-10-16(13-35-2)8-9-20(17)37-24(25,26)27/h3-10,19,32-33H,11-14H2,1-2H3,(H2,28,29,34)/t19-/m1/s1. The Hall–Kier alpha value is -3.81. The highest BCUT2D eigenvalue weighted by Crippen LogP contribution is 2.29. The molecule has 0 aliphatic rings. The van der Waals surface area contributed by atoms with E-state index in [2.05, 4.69) is 20.5 Å². The molecule has 200 valence electrons. The Morgan fingerprint density at radius 1 is 1.19 bits per heavy atom. The summed E-state index contributed by atoms with van der Waals surface area (Å²) < 4.78 is 54.6. The summed E-state index contributed by atoms with van der Waals surface area (Å²) in [4.78, 5) is 12.8. The highest BCUT2D eigenvalue weighted by atomic mass is 19.4. The summed E-state index contributed by atoms with van der Waals surface area (Å²) in [5.41, 5.74) is 1.70. The molecule has 0 spiro atoms. The Labute approximate surface area is 210 Å². The van der Waals surface area contributed by atoms with Gasteiger partial charge >= 0.3 is 12.4 Å². The zero-order chi connectivity index (χ0) is 27.0. The number of nitrogens with zero attached hydrogens (tertiary/aromatic N) is 2. The molecule has 1 heterocycles. The number of benzene rings is 2. The molecule has 2 aromatic carbocycles. The van der Waals surface area contributed by atoms with Crippen molar-refractivity contribution in [2.75, 3.05) is 25.6 Å². The van der Waals surface area contributed by atoms with Gasteiger partial charge in [-0.15, -0.1) is 18.3 Å². The lowest BCUT2D eigenvalue weighted by Gasteiger charge is -2.16. The Bertz CT molecular complexity index is 1190. The van der Waals surface area contributed by atoms with E-state index in [1.165, 1.54) is 23.9 Å². The lowest BCUT2D eigenvalue weighted by Crippen LogP contribution is -2.30. The number of aliphatic hydroxyl groups is 2. The number of urea groups is 1. The summed E-state index contributed by atoms with van der Waals surface area (Å²) >= 11 is 0. The van der Waals surface area contributed by atoms with Crippen molar-refractivity contribution in [3.8, 4) is 17.3 Å². The summed E-state index contributed by atoms with van der Waals surface area (Å²) in [5.74, 6) is -0.104. The molecule has 0 unspecified atom stereocenters. The minimum absolute atomic E-state index is 0.0947. The number of aliphatic hydroxyl groups excluding tert-OH is 2. The van der Waals surface area contributed by atoms with Crippen LogP contribution in [-0.4, -0.2) is 58.8 Å². The van der Waals surface area contributed by atoms with E-state index in [-0.39, 0.29) is 37.0 Å². The summed E-state index contributed by atoms with van der Waals surface area (Å²) in [6.07, 6.45) is -6.03. The van der Waals surface area contributed by atoms with Gasteiger partial charge in [0, 0.05) is 19.2 Å². The first-order chi connectivity index (χ1) is 17.6. The molecule has 0 saturated carbocycles. The number of alkyl halides is 3. The summed E-state index contributed by atoms with van der Waals surface area (Å²) in [6.45, 7) is 0.784. The lowest BCUT2D eigenvalue weighted by atomic mass is 10.1. The molecular formula is C24H27F3N4O6. The minimum atomic E-state index is -4.90. The van der Waals surface area contributed by atoms with Crippen LogP contribution in [0.3, 0.4) is 0 Å². The first-order valence-electron chi connectivity index (χ1n) is 11.1. The first kappa shape index (κ1) is 27.8. The molecule has 0 bridgehead atoms. The Kier molecular flexibility index (Phi) is 9.33. The zero-order valence-corrected chi connectivity index (χ0v) is 20.1. The van der Waals surface area contributed by atoms with Gasteiger partial charge in [0.2, 0.25) is 5.88 Å². The van der Waals surface area contributed by atoms with Gasteiger partial charge in [0.05, 0.1) is 24.5 Å². The number of ether oxygens (including phenoxy) is 3. The largest absolute Gasteiger partial charge is 0.573 e. The molecule has 3 rings (SSSR count). The first-order valence-corrected chi connectivity index (χ1v) is 11.1. The highest BCUT2D eigenvalue weighted by Gasteiger charge is 2.32. The van der Waals surface area contributed by atoms with E-state index in [4.69, 9.17) is 14.6 Å². The molecule has 0 aliphatic carbocycles. The third-order valence-corrected chi connectivity index (χ3v) is 5.04. The molecule has 0 radical (unpaired) electrons. The van der Waals surface area contributed by atoms with Gasteiger partial charge in [0.25, 0.3) is 0 Å². The number of carbonyl (C=O) groups is 1. The average Bonchev–Trinajstić information content (AvgIpc) is 3.17. The van der Waals surface area contributed by atoms with Crippen LogP contribution in [0.5, 0.6) is 11.6 Å². The van der Waals surface area contributed by atoms with Crippen LogP contribution in [0.25, 0.3) is 5.69 Å². The van der Waals surface area contributed by atoms with Crippen LogP contribution in [0.2, 0.25) is 0 Å². The van der Waals surface area contributed by atoms with E-state index in [1.54, 1.807) is 37.3 Å². The third kappa shape index (κ3) is 7.84.